The van der Waals surface area contributed by atoms with Gasteiger partial charge in [-0.15, -0.1) is 6.07 Å². The molecule has 0 fully saturated rings. The maximum absolute atomic E-state index is 4.63. The summed E-state index contributed by atoms with van der Waals surface area (Å²) in [5, 5.41) is 4.63. The monoisotopic (exact) mass is 572 g/mol. The summed E-state index contributed by atoms with van der Waals surface area (Å²) in [5.74, 6) is 0.795. The summed E-state index contributed by atoms with van der Waals surface area (Å²) in [6.07, 6.45) is 1.88. The number of para-hydroxylation sites is 1. The van der Waals surface area contributed by atoms with Crippen molar-refractivity contribution < 1.29 is 20.1 Å². The van der Waals surface area contributed by atoms with E-state index < -0.39 is 0 Å². The van der Waals surface area contributed by atoms with Gasteiger partial charge in [0, 0.05) is 31.9 Å². The van der Waals surface area contributed by atoms with Crippen molar-refractivity contribution in [2.45, 2.75) is 39.5 Å². The summed E-state index contributed by atoms with van der Waals surface area (Å²) in [6.45, 7) is 9.08. The van der Waals surface area contributed by atoms with Crippen LogP contribution in [0.5, 0.6) is 0 Å². The number of aromatic nitrogens is 2. The predicted molar refractivity (Wildman–Crippen MR) is 121 cm³/mol. The summed E-state index contributed by atoms with van der Waals surface area (Å²) in [7, 11) is 0. The normalized spacial score (nSPS) is 11.0. The van der Waals surface area contributed by atoms with Crippen LogP contribution in [0, 0.1) is 6.07 Å². The van der Waals surface area contributed by atoms with E-state index in [4.69, 9.17) is 0 Å². The van der Waals surface area contributed by atoms with Crippen molar-refractivity contribution in [3.05, 3.63) is 96.2 Å². The maximum atomic E-state index is 4.63. The van der Waals surface area contributed by atoms with Gasteiger partial charge in [-0.3, -0.25) is 4.68 Å². The van der Waals surface area contributed by atoms with Gasteiger partial charge in [-0.05, 0) is 45.8 Å². The van der Waals surface area contributed by atoms with Crippen molar-refractivity contribution in [1.29, 1.82) is 0 Å². The SMILES string of the molecule is CC(C)c1cc(-c2ccccc2)cc(C(C)C)c1-c1ccnn1-c1[c-]cccc1.[Ir]. The van der Waals surface area contributed by atoms with Gasteiger partial charge in [-0.1, -0.05) is 70.2 Å². The summed E-state index contributed by atoms with van der Waals surface area (Å²) in [5.41, 5.74) is 8.63. The number of hydrogen-bond acceptors (Lipinski definition) is 1. The van der Waals surface area contributed by atoms with Crippen molar-refractivity contribution in [2.24, 2.45) is 0 Å². The van der Waals surface area contributed by atoms with Gasteiger partial charge in [-0.2, -0.15) is 29.4 Å². The van der Waals surface area contributed by atoms with E-state index in [0.717, 1.165) is 11.4 Å². The number of nitrogens with zero attached hydrogens (tertiary/aromatic N) is 2. The first-order valence-electron chi connectivity index (χ1n) is 10.3. The molecule has 0 saturated heterocycles. The fourth-order valence-electron chi connectivity index (χ4n) is 3.89. The van der Waals surface area contributed by atoms with E-state index in [0.29, 0.717) is 11.8 Å². The minimum Gasteiger partial charge on any atom is -0.258 e. The van der Waals surface area contributed by atoms with E-state index in [1.54, 1.807) is 0 Å². The fourth-order valence-corrected chi connectivity index (χ4v) is 3.89. The molecular weight excluding hydrogens is 545 g/mol. The van der Waals surface area contributed by atoms with Gasteiger partial charge in [-0.25, -0.2) is 0 Å². The minimum atomic E-state index is 0. The molecule has 0 aliphatic heterocycles. The molecule has 4 rings (SSSR count). The first kappa shape index (κ1) is 22.2. The molecule has 0 aliphatic rings. The average Bonchev–Trinajstić information content (AvgIpc) is 3.23. The standard InChI is InChI=1S/C27H27N2.Ir/c1-19(2)24-17-22(21-11-7-5-8-12-21)18-25(20(3)4)27(24)26-15-16-28-29(26)23-13-9-6-10-14-23;/h5-13,15-20H,1-4H3;/q-1;. The van der Waals surface area contributed by atoms with Crippen LogP contribution in [-0.2, 0) is 20.1 Å². The Balaban J connectivity index is 0.00000256. The molecule has 155 valence electrons. The Bertz CT molecular complexity index is 1070. The Kier molecular flexibility index (Phi) is 7.07. The zero-order chi connectivity index (χ0) is 20.4. The smallest absolute Gasteiger partial charge is 0.0721 e. The van der Waals surface area contributed by atoms with Crippen LogP contribution in [0.1, 0.15) is 50.7 Å². The Morgan fingerprint density at radius 2 is 1.40 bits per heavy atom. The van der Waals surface area contributed by atoms with E-state index in [9.17, 15) is 0 Å². The molecule has 30 heavy (non-hydrogen) atoms. The Labute approximate surface area is 193 Å². The van der Waals surface area contributed by atoms with E-state index in [1.165, 1.54) is 27.8 Å². The van der Waals surface area contributed by atoms with Gasteiger partial charge in [0.2, 0.25) is 0 Å². The Morgan fingerprint density at radius 1 is 0.767 bits per heavy atom. The second-order valence-corrected chi connectivity index (χ2v) is 8.08. The molecule has 3 heteroatoms. The van der Waals surface area contributed by atoms with Gasteiger partial charge >= 0.3 is 0 Å². The van der Waals surface area contributed by atoms with Crippen LogP contribution in [0.25, 0.3) is 28.1 Å². The molecule has 0 saturated carbocycles. The average molecular weight is 572 g/mol. The van der Waals surface area contributed by atoms with Crippen LogP contribution in [0.4, 0.5) is 0 Å². The van der Waals surface area contributed by atoms with Crippen LogP contribution in [0.3, 0.4) is 0 Å². The predicted octanol–water partition coefficient (Wildman–Crippen LogP) is 7.25. The molecule has 0 amide bonds. The van der Waals surface area contributed by atoms with Crippen molar-refractivity contribution in [1.82, 2.24) is 9.78 Å². The second kappa shape index (κ2) is 9.55. The summed E-state index contributed by atoms with van der Waals surface area (Å²) < 4.78 is 2.01. The summed E-state index contributed by atoms with van der Waals surface area (Å²) >= 11 is 0. The number of rotatable bonds is 5. The third-order valence-corrected chi connectivity index (χ3v) is 5.37. The fraction of sp³-hybridized carbons (Fsp3) is 0.222. The molecule has 0 unspecified atom stereocenters. The minimum absolute atomic E-state index is 0. The molecule has 4 aromatic rings. The maximum Gasteiger partial charge on any atom is 0.0721 e. The first-order chi connectivity index (χ1) is 14.1. The zero-order valence-corrected chi connectivity index (χ0v) is 20.3. The molecule has 0 atom stereocenters. The van der Waals surface area contributed by atoms with Crippen molar-refractivity contribution in [3.63, 3.8) is 0 Å². The molecule has 2 nitrogen and oxygen atoms in total. The molecule has 0 bridgehead atoms. The van der Waals surface area contributed by atoms with E-state index >= 15 is 0 Å². The van der Waals surface area contributed by atoms with Gasteiger partial charge in [0.25, 0.3) is 0 Å². The van der Waals surface area contributed by atoms with Crippen LogP contribution < -0.4 is 0 Å². The van der Waals surface area contributed by atoms with E-state index in [1.807, 2.05) is 29.1 Å². The number of benzene rings is 3. The third kappa shape index (κ3) is 4.33. The molecule has 3 aromatic carbocycles. The summed E-state index contributed by atoms with van der Waals surface area (Å²) in [4.78, 5) is 0. The van der Waals surface area contributed by atoms with Crippen LogP contribution in [0.2, 0.25) is 0 Å². The second-order valence-electron chi connectivity index (χ2n) is 8.08. The summed E-state index contributed by atoms with van der Waals surface area (Å²) in [6, 6.07) is 28.8. The Hall–Kier alpha value is -2.48. The zero-order valence-electron chi connectivity index (χ0n) is 17.9. The molecule has 1 aromatic heterocycles. The van der Waals surface area contributed by atoms with Gasteiger partial charge in [0.05, 0.1) is 5.69 Å². The van der Waals surface area contributed by atoms with Gasteiger partial charge < -0.3 is 0 Å². The topological polar surface area (TPSA) is 17.8 Å². The van der Waals surface area contributed by atoms with Gasteiger partial charge in [0.1, 0.15) is 0 Å². The van der Waals surface area contributed by atoms with E-state index in [-0.39, 0.29) is 20.1 Å². The molecule has 0 spiro atoms. The third-order valence-electron chi connectivity index (χ3n) is 5.37. The van der Waals surface area contributed by atoms with Crippen molar-refractivity contribution in [2.75, 3.05) is 0 Å². The van der Waals surface area contributed by atoms with E-state index in [2.05, 4.69) is 93.5 Å². The number of hydrogen-bond donors (Lipinski definition) is 0. The molecule has 1 radical (unpaired) electrons. The van der Waals surface area contributed by atoms with Crippen LogP contribution in [0.15, 0.2) is 79.0 Å². The van der Waals surface area contributed by atoms with Crippen molar-refractivity contribution >= 4 is 0 Å². The van der Waals surface area contributed by atoms with Crippen molar-refractivity contribution in [3.8, 4) is 28.1 Å². The first-order valence-corrected chi connectivity index (χ1v) is 10.3. The molecule has 0 aliphatic carbocycles. The molecule has 0 N–H and O–H groups in total. The van der Waals surface area contributed by atoms with Crippen LogP contribution in [-0.4, -0.2) is 9.78 Å². The van der Waals surface area contributed by atoms with Gasteiger partial charge in [0.15, 0.2) is 0 Å². The molecular formula is C27H27IrN2-. The largest absolute Gasteiger partial charge is 0.258 e. The molecule has 1 heterocycles. The Morgan fingerprint density at radius 3 is 1.97 bits per heavy atom. The quantitative estimate of drug-likeness (QED) is 0.231. The van der Waals surface area contributed by atoms with Crippen LogP contribution >= 0.6 is 0 Å².